The number of likely N-dealkylation sites (tertiary alicyclic amines) is 1. The molecule has 3 atom stereocenters. The van der Waals surface area contributed by atoms with Crippen molar-refractivity contribution in [3.05, 3.63) is 35.9 Å². The van der Waals surface area contributed by atoms with E-state index in [1.54, 1.807) is 11.8 Å². The summed E-state index contributed by atoms with van der Waals surface area (Å²) in [6.07, 6.45) is 0.756. The van der Waals surface area contributed by atoms with Crippen molar-refractivity contribution in [1.29, 1.82) is 0 Å². The fraction of sp³-hybridized carbons (Fsp3) is 0.588. The normalized spacial score (nSPS) is 31.0. The van der Waals surface area contributed by atoms with Crippen molar-refractivity contribution >= 4 is 6.09 Å². The van der Waals surface area contributed by atoms with Gasteiger partial charge in [0.25, 0.3) is 0 Å². The van der Waals surface area contributed by atoms with Gasteiger partial charge in [-0.2, -0.15) is 0 Å². The van der Waals surface area contributed by atoms with Gasteiger partial charge in [-0.15, -0.1) is 0 Å². The molecule has 0 saturated carbocycles. The number of methoxy groups -OCH3 is 1. The van der Waals surface area contributed by atoms with Crippen LogP contribution in [0.2, 0.25) is 0 Å². The number of nitrogens with zero attached hydrogens (tertiary/aromatic N) is 1. The van der Waals surface area contributed by atoms with Gasteiger partial charge >= 0.3 is 6.09 Å². The minimum atomic E-state index is -2.45. The number of rotatable bonds is 4. The number of amides is 1. The number of ether oxygens (including phenoxy) is 2. The van der Waals surface area contributed by atoms with E-state index in [0.29, 0.717) is 13.1 Å². The molecule has 2 fully saturated rings. The summed E-state index contributed by atoms with van der Waals surface area (Å²) in [5.41, 5.74) is 0.395. The predicted molar refractivity (Wildman–Crippen MR) is 83.6 cm³/mol. The summed E-state index contributed by atoms with van der Waals surface area (Å²) in [5, 5.41) is 3.46. The Hall–Kier alpha value is -1.59. The largest absolute Gasteiger partial charge is 0.445 e. The van der Waals surface area contributed by atoms with Gasteiger partial charge in [-0.1, -0.05) is 30.3 Å². The third kappa shape index (κ3) is 2.96. The molecule has 3 unspecified atom stereocenters. The van der Waals surface area contributed by atoms with E-state index >= 15 is 0 Å². The first-order valence-electron chi connectivity index (χ1n) is 9.19. The second kappa shape index (κ2) is 6.26. The standard InChI is InChI=1S/C17H24N2O3/c1-13(21-2)17-9-8-15(18-17)10-19(12-17)16(20)22-11-14-6-4-3-5-7-14/h3-7,13,15,18H,8-12H2,1-2H3/i2D3. The van der Waals surface area contributed by atoms with E-state index in [1.807, 2.05) is 30.3 Å². The van der Waals surface area contributed by atoms with Crippen molar-refractivity contribution in [3.63, 3.8) is 0 Å². The number of benzene rings is 1. The molecule has 0 aromatic heterocycles. The molecule has 0 radical (unpaired) electrons. The van der Waals surface area contributed by atoms with Crippen LogP contribution in [0.1, 0.15) is 29.4 Å². The van der Waals surface area contributed by atoms with Gasteiger partial charge in [-0.25, -0.2) is 4.79 Å². The quantitative estimate of drug-likeness (QED) is 0.926. The molecule has 2 saturated heterocycles. The fourth-order valence-corrected chi connectivity index (χ4v) is 3.43. The molecular formula is C17H24N2O3. The SMILES string of the molecule is [2H]C([2H])([2H])OC(C)C12CCC(CN(C(=O)OCc3ccccc3)C1)N2. The smallest absolute Gasteiger partial charge is 0.410 e. The number of hydrogen-bond donors (Lipinski definition) is 1. The highest BCUT2D eigenvalue weighted by Gasteiger charge is 2.49. The Morgan fingerprint density at radius 2 is 2.36 bits per heavy atom. The Kier molecular flexibility index (Phi) is 3.39. The molecule has 3 rings (SSSR count). The minimum Gasteiger partial charge on any atom is -0.445 e. The van der Waals surface area contributed by atoms with Gasteiger partial charge < -0.3 is 19.7 Å². The van der Waals surface area contributed by atoms with Crippen LogP contribution in [0.3, 0.4) is 0 Å². The third-order valence-corrected chi connectivity index (χ3v) is 4.76. The molecule has 2 bridgehead atoms. The van der Waals surface area contributed by atoms with Crippen LogP contribution in [0, 0.1) is 0 Å². The second-order valence-electron chi connectivity index (χ2n) is 6.22. The Labute approximate surface area is 135 Å². The summed E-state index contributed by atoms with van der Waals surface area (Å²) in [4.78, 5) is 14.1. The lowest BCUT2D eigenvalue weighted by atomic mass is 9.91. The topological polar surface area (TPSA) is 50.8 Å². The van der Waals surface area contributed by atoms with Gasteiger partial charge in [0.2, 0.25) is 0 Å². The molecule has 5 heteroatoms. The van der Waals surface area contributed by atoms with Gasteiger partial charge in [0, 0.05) is 26.2 Å². The number of nitrogens with one attached hydrogen (secondary N) is 1. The summed E-state index contributed by atoms with van der Waals surface area (Å²) >= 11 is 0. The average Bonchev–Trinajstić information content (AvgIpc) is 2.87. The van der Waals surface area contributed by atoms with Crippen LogP contribution in [0.5, 0.6) is 0 Å². The Morgan fingerprint density at radius 1 is 1.55 bits per heavy atom. The molecular weight excluding hydrogens is 280 g/mol. The maximum absolute atomic E-state index is 12.5. The molecule has 22 heavy (non-hydrogen) atoms. The van der Waals surface area contributed by atoms with E-state index in [9.17, 15) is 4.79 Å². The highest BCUT2D eigenvalue weighted by Crippen LogP contribution is 2.33. The molecule has 2 heterocycles. The Balaban J connectivity index is 1.62. The van der Waals surface area contributed by atoms with Crippen LogP contribution in [0.4, 0.5) is 4.79 Å². The molecule has 1 amide bonds. The van der Waals surface area contributed by atoms with E-state index < -0.39 is 18.7 Å². The van der Waals surface area contributed by atoms with Gasteiger partial charge in [0.1, 0.15) is 6.61 Å². The summed E-state index contributed by atoms with van der Waals surface area (Å²) in [6, 6.07) is 9.66. The van der Waals surface area contributed by atoms with Gasteiger partial charge in [-0.3, -0.25) is 0 Å². The molecule has 5 nitrogen and oxygen atoms in total. The lowest BCUT2D eigenvalue weighted by Crippen LogP contribution is -2.65. The van der Waals surface area contributed by atoms with Crippen LogP contribution in [-0.4, -0.2) is 48.8 Å². The highest BCUT2D eigenvalue weighted by atomic mass is 16.6. The molecule has 2 aliphatic rings. The minimum absolute atomic E-state index is 0.140. The Bertz CT molecular complexity index is 611. The summed E-state index contributed by atoms with van der Waals surface area (Å²) in [5.74, 6) is 0. The first-order chi connectivity index (χ1) is 11.8. The maximum atomic E-state index is 12.5. The number of carbonyl (C=O) groups is 1. The van der Waals surface area contributed by atoms with Crippen LogP contribution >= 0.6 is 0 Å². The van der Waals surface area contributed by atoms with E-state index in [1.165, 1.54) is 0 Å². The zero-order valence-electron chi connectivity index (χ0n) is 15.7. The number of fused-ring (bicyclic) bond motifs is 2. The van der Waals surface area contributed by atoms with E-state index in [-0.39, 0.29) is 18.7 Å². The van der Waals surface area contributed by atoms with E-state index in [2.05, 4.69) is 5.32 Å². The lowest BCUT2D eigenvalue weighted by molar-refractivity contribution is -0.000982. The van der Waals surface area contributed by atoms with Crippen LogP contribution in [0.15, 0.2) is 30.3 Å². The van der Waals surface area contributed by atoms with Gasteiger partial charge in [0.05, 0.1) is 15.8 Å². The van der Waals surface area contributed by atoms with E-state index in [0.717, 1.165) is 18.4 Å². The molecule has 2 aliphatic heterocycles. The van der Waals surface area contributed by atoms with Gasteiger partial charge in [-0.05, 0) is 25.3 Å². The van der Waals surface area contributed by atoms with Crippen molar-refractivity contribution in [2.45, 2.75) is 44.1 Å². The summed E-state index contributed by atoms with van der Waals surface area (Å²) in [6.45, 7) is 2.92. The van der Waals surface area contributed by atoms with Crippen molar-refractivity contribution in [2.24, 2.45) is 0 Å². The summed E-state index contributed by atoms with van der Waals surface area (Å²) < 4.78 is 32.6. The van der Waals surface area contributed by atoms with Crippen LogP contribution < -0.4 is 5.32 Å². The first-order valence-corrected chi connectivity index (χ1v) is 7.69. The molecule has 0 aliphatic carbocycles. The molecule has 0 spiro atoms. The molecule has 1 aromatic rings. The molecule has 1 N–H and O–H groups in total. The monoisotopic (exact) mass is 307 g/mol. The maximum Gasteiger partial charge on any atom is 0.410 e. The zero-order chi connectivity index (χ0) is 18.1. The zero-order valence-corrected chi connectivity index (χ0v) is 12.7. The average molecular weight is 307 g/mol. The van der Waals surface area contributed by atoms with E-state index in [4.69, 9.17) is 13.6 Å². The van der Waals surface area contributed by atoms with Crippen LogP contribution in [-0.2, 0) is 16.1 Å². The van der Waals surface area contributed by atoms with Crippen molar-refractivity contribution in [1.82, 2.24) is 10.2 Å². The lowest BCUT2D eigenvalue weighted by Gasteiger charge is -2.43. The van der Waals surface area contributed by atoms with Crippen LogP contribution in [0.25, 0.3) is 0 Å². The summed E-state index contributed by atoms with van der Waals surface area (Å²) in [7, 11) is -2.45. The first kappa shape index (κ1) is 11.9. The van der Waals surface area contributed by atoms with Crippen molar-refractivity contribution in [2.75, 3.05) is 20.1 Å². The number of piperazine rings is 1. The number of carbonyl (C=O) groups excluding carboxylic acids is 1. The van der Waals surface area contributed by atoms with Gasteiger partial charge in [0.15, 0.2) is 0 Å². The second-order valence-corrected chi connectivity index (χ2v) is 6.22. The van der Waals surface area contributed by atoms with Crippen molar-refractivity contribution < 1.29 is 18.4 Å². The third-order valence-electron chi connectivity index (χ3n) is 4.76. The Morgan fingerprint density at radius 3 is 3.14 bits per heavy atom. The predicted octanol–water partition coefficient (Wildman–Crippen LogP) is 2.16. The highest BCUT2D eigenvalue weighted by molar-refractivity contribution is 5.68. The molecule has 1 aromatic carbocycles. The molecule has 120 valence electrons. The van der Waals surface area contributed by atoms with Crippen molar-refractivity contribution in [3.8, 4) is 0 Å². The number of hydrogen-bond acceptors (Lipinski definition) is 4. The fourth-order valence-electron chi connectivity index (χ4n) is 3.43.